The summed E-state index contributed by atoms with van der Waals surface area (Å²) in [5, 5.41) is 18.8. The molecule has 0 bridgehead atoms. The van der Waals surface area contributed by atoms with Gasteiger partial charge in [-0.15, -0.1) is 10.2 Å². The molecule has 0 spiro atoms. The predicted octanol–water partition coefficient (Wildman–Crippen LogP) is 1.36. The third-order valence-electron chi connectivity index (χ3n) is 2.56. The van der Waals surface area contributed by atoms with E-state index in [9.17, 15) is 4.79 Å². The first kappa shape index (κ1) is 11.3. The zero-order valence-electron chi connectivity index (χ0n) is 9.60. The largest absolute Gasteiger partial charge is 0.481 e. The number of anilines is 1. The minimum absolute atomic E-state index is 0.00693. The molecule has 2 rings (SSSR count). The Balaban J connectivity index is 2.03. The van der Waals surface area contributed by atoms with Gasteiger partial charge in [-0.05, 0) is 0 Å². The lowest BCUT2D eigenvalue weighted by atomic mass is 9.98. The second-order valence-corrected chi connectivity index (χ2v) is 6.04. The average molecular weight is 241 g/mol. The summed E-state index contributed by atoms with van der Waals surface area (Å²) in [6.45, 7) is 7.37. The molecule has 1 saturated heterocycles. The summed E-state index contributed by atoms with van der Waals surface area (Å²) >= 11 is 1.55. The first-order valence-electron chi connectivity index (χ1n) is 5.19. The van der Waals surface area contributed by atoms with Crippen molar-refractivity contribution in [2.75, 3.05) is 18.0 Å². The Morgan fingerprint density at radius 1 is 1.44 bits per heavy atom. The molecule has 16 heavy (non-hydrogen) atoms. The lowest BCUT2D eigenvalue weighted by molar-refractivity contribution is -0.142. The SMILES string of the molecule is CC(C)(C)c1nnc(N2CC(C(=O)O)C2)s1. The molecule has 0 amide bonds. The Labute approximate surface area is 98.1 Å². The summed E-state index contributed by atoms with van der Waals surface area (Å²) in [4.78, 5) is 12.6. The van der Waals surface area contributed by atoms with Crippen molar-refractivity contribution in [3.05, 3.63) is 5.01 Å². The second kappa shape index (κ2) is 3.69. The van der Waals surface area contributed by atoms with Gasteiger partial charge in [0.25, 0.3) is 0 Å². The van der Waals surface area contributed by atoms with E-state index in [1.165, 1.54) is 0 Å². The van der Waals surface area contributed by atoms with E-state index in [4.69, 9.17) is 5.11 Å². The van der Waals surface area contributed by atoms with Crippen molar-refractivity contribution in [2.45, 2.75) is 26.2 Å². The Morgan fingerprint density at radius 3 is 2.50 bits per heavy atom. The molecule has 88 valence electrons. The van der Waals surface area contributed by atoms with Crippen LogP contribution in [0.5, 0.6) is 0 Å². The van der Waals surface area contributed by atoms with Crippen molar-refractivity contribution >= 4 is 22.4 Å². The van der Waals surface area contributed by atoms with Gasteiger partial charge < -0.3 is 10.0 Å². The molecular weight excluding hydrogens is 226 g/mol. The molecule has 0 atom stereocenters. The van der Waals surface area contributed by atoms with Crippen LogP contribution < -0.4 is 4.90 Å². The number of hydrogen-bond acceptors (Lipinski definition) is 5. The van der Waals surface area contributed by atoms with Gasteiger partial charge in [0, 0.05) is 18.5 Å². The molecule has 0 unspecified atom stereocenters. The number of rotatable bonds is 2. The van der Waals surface area contributed by atoms with Gasteiger partial charge in [0.2, 0.25) is 5.13 Å². The number of hydrogen-bond donors (Lipinski definition) is 1. The summed E-state index contributed by atoms with van der Waals surface area (Å²) in [6, 6.07) is 0. The molecule has 0 aliphatic carbocycles. The Morgan fingerprint density at radius 2 is 2.06 bits per heavy atom. The normalized spacial score (nSPS) is 17.3. The van der Waals surface area contributed by atoms with Crippen LogP contribution in [0.2, 0.25) is 0 Å². The van der Waals surface area contributed by atoms with Gasteiger partial charge in [-0.2, -0.15) is 0 Å². The molecule has 1 aliphatic rings. The number of aliphatic carboxylic acids is 1. The van der Waals surface area contributed by atoms with Crippen LogP contribution in [0.1, 0.15) is 25.8 Å². The monoisotopic (exact) mass is 241 g/mol. The number of carboxylic acids is 1. The third kappa shape index (κ3) is 2.02. The summed E-state index contributed by atoms with van der Waals surface area (Å²) in [7, 11) is 0. The van der Waals surface area contributed by atoms with Crippen molar-refractivity contribution in [2.24, 2.45) is 5.92 Å². The van der Waals surface area contributed by atoms with E-state index in [1.54, 1.807) is 11.3 Å². The lowest BCUT2D eigenvalue weighted by Gasteiger charge is -2.35. The fourth-order valence-corrected chi connectivity index (χ4v) is 2.36. The minimum Gasteiger partial charge on any atom is -0.481 e. The average Bonchev–Trinajstić information content (AvgIpc) is 2.47. The highest BCUT2D eigenvalue weighted by Crippen LogP contribution is 2.32. The van der Waals surface area contributed by atoms with Crippen LogP contribution in [-0.4, -0.2) is 34.4 Å². The van der Waals surface area contributed by atoms with Crippen molar-refractivity contribution in [1.29, 1.82) is 0 Å². The van der Waals surface area contributed by atoms with Crippen LogP contribution >= 0.6 is 11.3 Å². The second-order valence-electron chi connectivity index (χ2n) is 5.08. The molecule has 1 N–H and O–H groups in total. The van der Waals surface area contributed by atoms with Crippen LogP contribution in [0, 0.1) is 5.92 Å². The molecule has 5 nitrogen and oxygen atoms in total. The Bertz CT molecular complexity index is 404. The zero-order valence-corrected chi connectivity index (χ0v) is 10.4. The molecule has 1 aliphatic heterocycles. The van der Waals surface area contributed by atoms with Crippen LogP contribution in [0.15, 0.2) is 0 Å². The molecule has 1 aromatic heterocycles. The molecule has 1 fully saturated rings. The van der Waals surface area contributed by atoms with Gasteiger partial charge >= 0.3 is 5.97 Å². The first-order chi connectivity index (χ1) is 7.38. The highest BCUT2D eigenvalue weighted by molar-refractivity contribution is 7.15. The van der Waals surface area contributed by atoms with Crippen LogP contribution in [0.4, 0.5) is 5.13 Å². The molecule has 1 aromatic rings. The van der Waals surface area contributed by atoms with Gasteiger partial charge in [0.05, 0.1) is 5.92 Å². The fraction of sp³-hybridized carbons (Fsp3) is 0.700. The lowest BCUT2D eigenvalue weighted by Crippen LogP contribution is -2.50. The summed E-state index contributed by atoms with van der Waals surface area (Å²) in [5.74, 6) is -0.973. The van der Waals surface area contributed by atoms with Crippen molar-refractivity contribution in [3.8, 4) is 0 Å². The molecule has 2 heterocycles. The van der Waals surface area contributed by atoms with E-state index in [-0.39, 0.29) is 11.3 Å². The van der Waals surface area contributed by atoms with E-state index in [2.05, 4.69) is 31.0 Å². The topological polar surface area (TPSA) is 66.3 Å². The number of carboxylic acid groups (broad SMARTS) is 1. The Hall–Kier alpha value is -1.17. The number of nitrogens with zero attached hydrogens (tertiary/aromatic N) is 3. The van der Waals surface area contributed by atoms with Crippen LogP contribution in [-0.2, 0) is 10.2 Å². The van der Waals surface area contributed by atoms with E-state index >= 15 is 0 Å². The van der Waals surface area contributed by atoms with Crippen molar-refractivity contribution in [3.63, 3.8) is 0 Å². The Kier molecular flexibility index (Phi) is 2.61. The minimum atomic E-state index is -0.725. The predicted molar refractivity (Wildman–Crippen MR) is 61.9 cm³/mol. The standard InChI is InChI=1S/C10H15N3O2S/c1-10(2,3)8-11-12-9(16-8)13-4-6(5-13)7(14)15/h6H,4-5H2,1-3H3,(H,14,15). The van der Waals surface area contributed by atoms with Crippen molar-refractivity contribution < 1.29 is 9.90 Å². The van der Waals surface area contributed by atoms with E-state index in [0.717, 1.165) is 10.1 Å². The maximum atomic E-state index is 10.7. The van der Waals surface area contributed by atoms with Crippen LogP contribution in [0.25, 0.3) is 0 Å². The smallest absolute Gasteiger partial charge is 0.310 e. The molecule has 0 radical (unpaired) electrons. The maximum absolute atomic E-state index is 10.7. The molecule has 6 heteroatoms. The van der Waals surface area contributed by atoms with Gasteiger partial charge in [0.1, 0.15) is 5.01 Å². The molecule has 0 aromatic carbocycles. The van der Waals surface area contributed by atoms with E-state index in [1.807, 2.05) is 4.90 Å². The van der Waals surface area contributed by atoms with Gasteiger partial charge in [-0.1, -0.05) is 32.1 Å². The van der Waals surface area contributed by atoms with E-state index < -0.39 is 5.97 Å². The number of aromatic nitrogens is 2. The summed E-state index contributed by atoms with van der Waals surface area (Å²) < 4.78 is 0. The molecule has 0 saturated carbocycles. The highest BCUT2D eigenvalue weighted by atomic mass is 32.1. The molecular formula is C10H15N3O2S. The van der Waals surface area contributed by atoms with Crippen LogP contribution in [0.3, 0.4) is 0 Å². The third-order valence-corrected chi connectivity index (χ3v) is 3.97. The van der Waals surface area contributed by atoms with Gasteiger partial charge in [-0.3, -0.25) is 4.79 Å². The summed E-state index contributed by atoms with van der Waals surface area (Å²) in [5.41, 5.74) is 0.00693. The quantitative estimate of drug-likeness (QED) is 0.846. The van der Waals surface area contributed by atoms with Crippen molar-refractivity contribution in [1.82, 2.24) is 10.2 Å². The summed E-state index contributed by atoms with van der Waals surface area (Å²) in [6.07, 6.45) is 0. The first-order valence-corrected chi connectivity index (χ1v) is 6.01. The number of carbonyl (C=O) groups is 1. The highest BCUT2D eigenvalue weighted by Gasteiger charge is 2.35. The van der Waals surface area contributed by atoms with Gasteiger partial charge in [-0.25, -0.2) is 0 Å². The maximum Gasteiger partial charge on any atom is 0.310 e. The van der Waals surface area contributed by atoms with E-state index in [0.29, 0.717) is 13.1 Å². The zero-order chi connectivity index (χ0) is 11.9. The van der Waals surface area contributed by atoms with Gasteiger partial charge in [0.15, 0.2) is 0 Å². The fourth-order valence-electron chi connectivity index (χ4n) is 1.44.